The Balaban J connectivity index is 2.61. The van der Waals surface area contributed by atoms with Gasteiger partial charge in [0, 0.05) is 4.88 Å². The van der Waals surface area contributed by atoms with Crippen molar-refractivity contribution in [1.82, 2.24) is 0 Å². The summed E-state index contributed by atoms with van der Waals surface area (Å²) in [7, 11) is 0. The molecule has 1 aromatic heterocycles. The van der Waals surface area contributed by atoms with Gasteiger partial charge in [-0.1, -0.05) is 6.07 Å². The molecule has 1 heterocycles. The summed E-state index contributed by atoms with van der Waals surface area (Å²) in [6.45, 7) is 6.13. The Morgan fingerprint density at radius 2 is 2.29 bits per heavy atom. The molecule has 0 N–H and O–H groups in total. The van der Waals surface area contributed by atoms with Crippen molar-refractivity contribution in [2.75, 3.05) is 6.61 Å². The lowest BCUT2D eigenvalue weighted by Gasteiger charge is -2.21. The first-order valence-corrected chi connectivity index (χ1v) is 5.64. The zero-order chi connectivity index (χ0) is 10.6. The largest absolute Gasteiger partial charge is 0.466 e. The van der Waals surface area contributed by atoms with Crippen molar-refractivity contribution in [3.8, 4) is 0 Å². The van der Waals surface area contributed by atoms with Gasteiger partial charge in [0.25, 0.3) is 0 Å². The SMILES string of the molecule is CCOC(=O)C(C)(C)Cc1cccs1. The molecule has 0 unspecified atom stereocenters. The van der Waals surface area contributed by atoms with E-state index in [2.05, 4.69) is 0 Å². The van der Waals surface area contributed by atoms with Crippen LogP contribution in [0, 0.1) is 5.41 Å². The maximum Gasteiger partial charge on any atom is 0.311 e. The highest BCUT2D eigenvalue weighted by Crippen LogP contribution is 2.25. The topological polar surface area (TPSA) is 26.3 Å². The number of ether oxygens (including phenoxy) is 1. The number of rotatable bonds is 4. The lowest BCUT2D eigenvalue weighted by atomic mass is 9.89. The van der Waals surface area contributed by atoms with Gasteiger partial charge in [0.1, 0.15) is 0 Å². The van der Waals surface area contributed by atoms with Crippen molar-refractivity contribution in [3.63, 3.8) is 0 Å². The van der Waals surface area contributed by atoms with Gasteiger partial charge in [0.2, 0.25) is 0 Å². The second-order valence-corrected chi connectivity index (χ2v) is 4.89. The van der Waals surface area contributed by atoms with E-state index in [-0.39, 0.29) is 5.97 Å². The van der Waals surface area contributed by atoms with E-state index in [0.717, 1.165) is 6.42 Å². The van der Waals surface area contributed by atoms with Crippen LogP contribution in [0.2, 0.25) is 0 Å². The fraction of sp³-hybridized carbons (Fsp3) is 0.545. The fourth-order valence-electron chi connectivity index (χ4n) is 1.25. The van der Waals surface area contributed by atoms with Gasteiger partial charge < -0.3 is 4.74 Å². The molecule has 0 aliphatic carbocycles. The minimum atomic E-state index is -0.416. The molecule has 0 bridgehead atoms. The highest BCUT2D eigenvalue weighted by atomic mass is 32.1. The van der Waals surface area contributed by atoms with Crippen molar-refractivity contribution < 1.29 is 9.53 Å². The standard InChI is InChI=1S/C11H16O2S/c1-4-13-10(12)11(2,3)8-9-6-5-7-14-9/h5-7H,4,8H2,1-3H3. The molecule has 2 nitrogen and oxygen atoms in total. The van der Waals surface area contributed by atoms with Gasteiger partial charge in [0.05, 0.1) is 12.0 Å². The second kappa shape index (κ2) is 4.60. The van der Waals surface area contributed by atoms with Crippen molar-refractivity contribution in [3.05, 3.63) is 22.4 Å². The minimum absolute atomic E-state index is 0.117. The molecule has 1 aromatic rings. The van der Waals surface area contributed by atoms with Crippen LogP contribution in [0.15, 0.2) is 17.5 Å². The van der Waals surface area contributed by atoms with Crippen LogP contribution in [-0.2, 0) is 16.0 Å². The number of thiophene rings is 1. The van der Waals surface area contributed by atoms with E-state index in [1.165, 1.54) is 4.88 Å². The Bertz CT molecular complexity index is 288. The average Bonchev–Trinajstić information content (AvgIpc) is 2.56. The van der Waals surface area contributed by atoms with E-state index in [4.69, 9.17) is 4.74 Å². The summed E-state index contributed by atoms with van der Waals surface area (Å²) < 4.78 is 5.02. The minimum Gasteiger partial charge on any atom is -0.466 e. The lowest BCUT2D eigenvalue weighted by molar-refractivity contribution is -0.153. The first-order valence-electron chi connectivity index (χ1n) is 4.76. The molecule has 0 aliphatic heterocycles. The van der Waals surface area contributed by atoms with E-state index < -0.39 is 5.41 Å². The highest BCUT2D eigenvalue weighted by Gasteiger charge is 2.29. The average molecular weight is 212 g/mol. The molecule has 0 atom stereocenters. The lowest BCUT2D eigenvalue weighted by Crippen LogP contribution is -2.28. The Kier molecular flexibility index (Phi) is 3.69. The third kappa shape index (κ3) is 2.84. The third-order valence-corrected chi connectivity index (χ3v) is 2.90. The van der Waals surface area contributed by atoms with Gasteiger partial charge in [-0.2, -0.15) is 0 Å². The summed E-state index contributed by atoms with van der Waals surface area (Å²) in [6, 6.07) is 4.05. The van der Waals surface area contributed by atoms with E-state index in [1.807, 2.05) is 38.3 Å². The molecule has 0 spiro atoms. The van der Waals surface area contributed by atoms with E-state index in [0.29, 0.717) is 6.61 Å². The van der Waals surface area contributed by atoms with Gasteiger partial charge >= 0.3 is 5.97 Å². The number of esters is 1. The molecule has 1 rings (SSSR count). The van der Waals surface area contributed by atoms with Crippen molar-refractivity contribution in [2.24, 2.45) is 5.41 Å². The summed E-state index contributed by atoms with van der Waals surface area (Å²) in [6.07, 6.45) is 0.753. The van der Waals surface area contributed by atoms with Crippen LogP contribution in [0.25, 0.3) is 0 Å². The summed E-state index contributed by atoms with van der Waals surface area (Å²) in [5.74, 6) is -0.117. The summed E-state index contributed by atoms with van der Waals surface area (Å²) in [4.78, 5) is 12.8. The van der Waals surface area contributed by atoms with Crippen LogP contribution in [0.1, 0.15) is 25.6 Å². The van der Waals surface area contributed by atoms with Gasteiger partial charge in [-0.25, -0.2) is 0 Å². The van der Waals surface area contributed by atoms with Crippen LogP contribution >= 0.6 is 11.3 Å². The first-order chi connectivity index (χ1) is 6.56. The molecule has 0 aliphatic rings. The monoisotopic (exact) mass is 212 g/mol. The normalized spacial score (nSPS) is 11.4. The van der Waals surface area contributed by atoms with E-state index in [9.17, 15) is 4.79 Å². The predicted molar refractivity (Wildman–Crippen MR) is 58.4 cm³/mol. The van der Waals surface area contributed by atoms with Gasteiger partial charge in [0.15, 0.2) is 0 Å². The smallest absolute Gasteiger partial charge is 0.311 e. The van der Waals surface area contributed by atoms with Crippen molar-refractivity contribution >= 4 is 17.3 Å². The Morgan fingerprint density at radius 3 is 2.79 bits per heavy atom. The summed E-state index contributed by atoms with van der Waals surface area (Å²) in [5.41, 5.74) is -0.416. The number of hydrogen-bond acceptors (Lipinski definition) is 3. The fourth-order valence-corrected chi connectivity index (χ4v) is 2.18. The zero-order valence-corrected chi connectivity index (χ0v) is 9.69. The Morgan fingerprint density at radius 1 is 1.57 bits per heavy atom. The highest BCUT2D eigenvalue weighted by molar-refractivity contribution is 7.09. The molecular weight excluding hydrogens is 196 g/mol. The maximum absolute atomic E-state index is 11.6. The summed E-state index contributed by atoms with van der Waals surface area (Å²) >= 11 is 1.68. The molecule has 0 saturated carbocycles. The molecule has 78 valence electrons. The van der Waals surface area contributed by atoms with Crippen LogP contribution in [-0.4, -0.2) is 12.6 Å². The van der Waals surface area contributed by atoms with E-state index in [1.54, 1.807) is 11.3 Å². The number of hydrogen-bond donors (Lipinski definition) is 0. The van der Waals surface area contributed by atoms with Crippen molar-refractivity contribution in [2.45, 2.75) is 27.2 Å². The number of carbonyl (C=O) groups is 1. The first kappa shape index (κ1) is 11.2. The molecule has 0 amide bonds. The molecule has 0 saturated heterocycles. The van der Waals surface area contributed by atoms with Crippen LogP contribution in [0.5, 0.6) is 0 Å². The molecular formula is C11H16O2S. The maximum atomic E-state index is 11.6. The predicted octanol–water partition coefficient (Wildman–Crippen LogP) is 2.88. The van der Waals surface area contributed by atoms with Crippen LogP contribution in [0.3, 0.4) is 0 Å². The molecule has 0 fully saturated rings. The van der Waals surface area contributed by atoms with Gasteiger partial charge in [-0.15, -0.1) is 11.3 Å². The third-order valence-electron chi connectivity index (χ3n) is 2.02. The second-order valence-electron chi connectivity index (χ2n) is 3.86. The zero-order valence-electron chi connectivity index (χ0n) is 8.87. The van der Waals surface area contributed by atoms with Crippen LogP contribution in [0.4, 0.5) is 0 Å². The van der Waals surface area contributed by atoms with Crippen LogP contribution < -0.4 is 0 Å². The Labute approximate surface area is 88.9 Å². The molecule has 14 heavy (non-hydrogen) atoms. The van der Waals surface area contributed by atoms with Crippen molar-refractivity contribution in [1.29, 1.82) is 0 Å². The van der Waals surface area contributed by atoms with Gasteiger partial charge in [-0.3, -0.25) is 4.79 Å². The molecule has 0 aromatic carbocycles. The number of carbonyl (C=O) groups excluding carboxylic acids is 1. The van der Waals surface area contributed by atoms with Gasteiger partial charge in [-0.05, 0) is 38.6 Å². The Hall–Kier alpha value is -0.830. The van der Waals surface area contributed by atoms with E-state index >= 15 is 0 Å². The molecule has 0 radical (unpaired) electrons. The molecule has 3 heteroatoms. The summed E-state index contributed by atoms with van der Waals surface area (Å²) in [5, 5.41) is 2.02. The quantitative estimate of drug-likeness (QED) is 0.717.